The molecule has 0 saturated carbocycles. The summed E-state index contributed by atoms with van der Waals surface area (Å²) in [6.45, 7) is 2.75. The van der Waals surface area contributed by atoms with Crippen LogP contribution < -0.4 is 16.4 Å². The van der Waals surface area contributed by atoms with E-state index < -0.39 is 6.03 Å². The number of primary amides is 1. The fraction of sp³-hybridized carbons (Fsp3) is 0.714. The molecule has 14 heavy (non-hydrogen) atoms. The van der Waals surface area contributed by atoms with Crippen molar-refractivity contribution in [2.75, 3.05) is 24.6 Å². The summed E-state index contributed by atoms with van der Waals surface area (Å²) in [5, 5.41) is 5.18. The number of nitrogens with two attached hydrogens (primary N) is 1. The van der Waals surface area contributed by atoms with Gasteiger partial charge in [-0.05, 0) is 0 Å². The Morgan fingerprint density at radius 1 is 1.14 bits per heavy atom. The van der Waals surface area contributed by atoms with Gasteiger partial charge in [0.1, 0.15) is 0 Å². The van der Waals surface area contributed by atoms with Gasteiger partial charge < -0.3 is 16.4 Å². The second-order valence-electron chi connectivity index (χ2n) is 2.42. The van der Waals surface area contributed by atoms with Crippen molar-refractivity contribution in [1.29, 1.82) is 0 Å². The molecule has 0 saturated heterocycles. The van der Waals surface area contributed by atoms with E-state index >= 15 is 0 Å². The van der Waals surface area contributed by atoms with Crippen molar-refractivity contribution in [3.63, 3.8) is 0 Å². The molecule has 7 heteroatoms. The van der Waals surface area contributed by atoms with Gasteiger partial charge in [-0.25, -0.2) is 4.79 Å². The summed E-state index contributed by atoms with van der Waals surface area (Å²) in [6.07, 6.45) is 0. The number of urea groups is 1. The molecule has 0 heterocycles. The minimum absolute atomic E-state index is 0.00834. The van der Waals surface area contributed by atoms with E-state index in [1.165, 1.54) is 6.92 Å². The van der Waals surface area contributed by atoms with Crippen LogP contribution in [0.4, 0.5) is 4.79 Å². The molecule has 3 amide bonds. The number of carbonyl (C=O) groups excluding carboxylic acids is 2. The molecule has 0 spiro atoms. The summed E-state index contributed by atoms with van der Waals surface area (Å²) in [6, 6.07) is -0.492. The molecular formula is C7H15N3O2S2. The van der Waals surface area contributed by atoms with Crippen molar-refractivity contribution in [2.24, 2.45) is 5.73 Å². The van der Waals surface area contributed by atoms with Crippen LogP contribution in [0.15, 0.2) is 0 Å². The average molecular weight is 237 g/mol. The molecule has 0 unspecified atom stereocenters. The maximum atomic E-state index is 10.5. The van der Waals surface area contributed by atoms with Gasteiger partial charge in [0.15, 0.2) is 0 Å². The Bertz CT molecular complexity index is 170. The highest BCUT2D eigenvalue weighted by Gasteiger charge is 1.94. The summed E-state index contributed by atoms with van der Waals surface area (Å²) >= 11 is 0. The lowest BCUT2D eigenvalue weighted by Gasteiger charge is -2.02. The van der Waals surface area contributed by atoms with Gasteiger partial charge in [-0.3, -0.25) is 4.79 Å². The third kappa shape index (κ3) is 11.4. The van der Waals surface area contributed by atoms with E-state index in [2.05, 4.69) is 10.6 Å². The van der Waals surface area contributed by atoms with Crippen LogP contribution in [0.5, 0.6) is 0 Å². The molecular weight excluding hydrogens is 222 g/mol. The minimum atomic E-state index is -0.492. The minimum Gasteiger partial charge on any atom is -0.355 e. The molecule has 0 fully saturated rings. The van der Waals surface area contributed by atoms with Gasteiger partial charge in [-0.1, -0.05) is 21.6 Å². The van der Waals surface area contributed by atoms with E-state index in [0.717, 1.165) is 11.5 Å². The number of hydrogen-bond acceptors (Lipinski definition) is 4. The first-order chi connectivity index (χ1) is 6.63. The fourth-order valence-electron chi connectivity index (χ4n) is 0.602. The molecule has 82 valence electrons. The lowest BCUT2D eigenvalue weighted by molar-refractivity contribution is -0.118. The van der Waals surface area contributed by atoms with Gasteiger partial charge in [0, 0.05) is 31.5 Å². The molecule has 0 aromatic carbocycles. The van der Waals surface area contributed by atoms with Gasteiger partial charge in [-0.15, -0.1) is 0 Å². The SMILES string of the molecule is CC(=O)NCCSSCCNC(N)=O. The highest BCUT2D eigenvalue weighted by molar-refractivity contribution is 8.76. The Labute approximate surface area is 91.3 Å². The van der Waals surface area contributed by atoms with E-state index in [1.54, 1.807) is 21.6 Å². The van der Waals surface area contributed by atoms with Crippen molar-refractivity contribution in [1.82, 2.24) is 10.6 Å². The first-order valence-electron chi connectivity index (χ1n) is 4.15. The fourth-order valence-corrected chi connectivity index (χ4v) is 2.42. The number of carbonyl (C=O) groups is 2. The van der Waals surface area contributed by atoms with Gasteiger partial charge in [-0.2, -0.15) is 0 Å². The summed E-state index contributed by atoms with van der Waals surface area (Å²) in [7, 11) is 3.30. The highest BCUT2D eigenvalue weighted by atomic mass is 33.1. The second kappa shape index (κ2) is 9.01. The van der Waals surface area contributed by atoms with Crippen LogP contribution in [0.1, 0.15) is 6.92 Å². The molecule has 0 aliphatic rings. The zero-order chi connectivity index (χ0) is 10.8. The van der Waals surface area contributed by atoms with Crippen molar-refractivity contribution in [3.05, 3.63) is 0 Å². The predicted molar refractivity (Wildman–Crippen MR) is 61.2 cm³/mol. The standard InChI is InChI=1S/C7H15N3O2S2/c1-6(11)9-2-4-13-14-5-3-10-7(8)12/h2-5H2,1H3,(H,9,11)(H3,8,10,12). The number of hydrogen-bond donors (Lipinski definition) is 3. The number of rotatable bonds is 7. The second-order valence-corrected chi connectivity index (χ2v) is 5.12. The predicted octanol–water partition coefficient (Wildman–Crippen LogP) is 0.172. The molecule has 0 rings (SSSR count). The summed E-state index contributed by atoms with van der Waals surface area (Å²) in [5.74, 6) is 1.67. The summed E-state index contributed by atoms with van der Waals surface area (Å²) in [4.78, 5) is 20.7. The zero-order valence-corrected chi connectivity index (χ0v) is 9.67. The van der Waals surface area contributed by atoms with Crippen LogP contribution in [-0.2, 0) is 4.79 Å². The van der Waals surface area contributed by atoms with E-state index in [9.17, 15) is 9.59 Å². The van der Waals surface area contributed by atoms with Crippen LogP contribution in [0.2, 0.25) is 0 Å². The summed E-state index contributed by atoms with van der Waals surface area (Å²) < 4.78 is 0. The number of nitrogens with one attached hydrogen (secondary N) is 2. The smallest absolute Gasteiger partial charge is 0.312 e. The first kappa shape index (κ1) is 13.4. The Morgan fingerprint density at radius 3 is 2.07 bits per heavy atom. The lowest BCUT2D eigenvalue weighted by Crippen LogP contribution is -2.30. The molecule has 5 nitrogen and oxygen atoms in total. The Morgan fingerprint density at radius 2 is 1.64 bits per heavy atom. The lowest BCUT2D eigenvalue weighted by atomic mass is 10.6. The maximum absolute atomic E-state index is 10.5. The van der Waals surface area contributed by atoms with Crippen molar-refractivity contribution in [2.45, 2.75) is 6.92 Å². The number of amides is 3. The summed E-state index contributed by atoms with van der Waals surface area (Å²) in [5.41, 5.74) is 4.87. The molecule has 0 aromatic heterocycles. The quantitative estimate of drug-likeness (QED) is 0.435. The monoisotopic (exact) mass is 237 g/mol. The normalized spacial score (nSPS) is 9.50. The average Bonchev–Trinajstić information content (AvgIpc) is 2.08. The van der Waals surface area contributed by atoms with Gasteiger partial charge in [0.05, 0.1) is 0 Å². The van der Waals surface area contributed by atoms with Crippen LogP contribution in [0, 0.1) is 0 Å². The maximum Gasteiger partial charge on any atom is 0.312 e. The molecule has 0 aliphatic carbocycles. The van der Waals surface area contributed by atoms with Gasteiger partial charge in [0.25, 0.3) is 0 Å². The van der Waals surface area contributed by atoms with E-state index in [0.29, 0.717) is 13.1 Å². The van der Waals surface area contributed by atoms with Gasteiger partial charge in [0.2, 0.25) is 5.91 Å². The van der Waals surface area contributed by atoms with Crippen molar-refractivity contribution in [3.8, 4) is 0 Å². The third-order valence-electron chi connectivity index (χ3n) is 1.13. The van der Waals surface area contributed by atoms with Crippen molar-refractivity contribution < 1.29 is 9.59 Å². The van der Waals surface area contributed by atoms with E-state index in [-0.39, 0.29) is 5.91 Å². The first-order valence-corrected chi connectivity index (χ1v) is 6.64. The zero-order valence-electron chi connectivity index (χ0n) is 8.04. The third-order valence-corrected chi connectivity index (χ3v) is 3.54. The van der Waals surface area contributed by atoms with Crippen molar-refractivity contribution >= 4 is 33.5 Å². The Balaban J connectivity index is 2.99. The molecule has 0 aromatic rings. The molecule has 0 radical (unpaired) electrons. The molecule has 0 aliphatic heterocycles. The van der Waals surface area contributed by atoms with Crippen LogP contribution >= 0.6 is 21.6 Å². The van der Waals surface area contributed by atoms with E-state index in [4.69, 9.17) is 5.73 Å². The van der Waals surface area contributed by atoms with Crippen LogP contribution in [-0.4, -0.2) is 36.5 Å². The Kier molecular flexibility index (Phi) is 8.65. The van der Waals surface area contributed by atoms with E-state index in [1.807, 2.05) is 0 Å². The molecule has 4 N–H and O–H groups in total. The Hall–Kier alpha value is -0.560. The topological polar surface area (TPSA) is 84.2 Å². The molecule has 0 bridgehead atoms. The van der Waals surface area contributed by atoms with Gasteiger partial charge >= 0.3 is 6.03 Å². The largest absolute Gasteiger partial charge is 0.355 e. The highest BCUT2D eigenvalue weighted by Crippen LogP contribution is 2.19. The van der Waals surface area contributed by atoms with Crippen LogP contribution in [0.3, 0.4) is 0 Å². The van der Waals surface area contributed by atoms with Crippen LogP contribution in [0.25, 0.3) is 0 Å². The molecule has 0 atom stereocenters.